The molecule has 1 amide bonds. The van der Waals surface area contributed by atoms with Crippen LogP contribution < -0.4 is 9.80 Å². The number of piperazine rings is 1. The standard InChI is InChI=1S/C37H53N9O3Si/c1-42-16-8-17-43(2)36(47)27-44-18-19-45(33(26-44)28-48-20-7-14-38)25-30-9-6-10-32(23-30)46(29-49-21-22-50(3,4)5)37-39-15-13-34(41-37)31-11-12-35(42)40-24-31/h6,9-13,15,23-24,33H,7-8,16-22,25-29H2,1-5H3. The zero-order chi connectivity index (χ0) is 35.5. The summed E-state index contributed by atoms with van der Waals surface area (Å²) in [6.07, 6.45) is 4.84. The molecule has 3 atom stereocenters. The largest absolute Gasteiger partial charge is 0.379 e. The number of carbonyl (C=O) groups excluding carboxylic acids is 1. The summed E-state index contributed by atoms with van der Waals surface area (Å²) in [4.78, 5) is 38.4. The summed E-state index contributed by atoms with van der Waals surface area (Å²) < 4.78 is 12.3. The lowest BCUT2D eigenvalue weighted by Crippen LogP contribution is -2.56. The molecule has 0 radical (unpaired) electrons. The number of amides is 1. The summed E-state index contributed by atoms with van der Waals surface area (Å²) in [6.45, 7) is 13.8. The molecule has 3 aromatic rings. The third-order valence-corrected chi connectivity index (χ3v) is 11.0. The maximum absolute atomic E-state index is 13.3. The van der Waals surface area contributed by atoms with Gasteiger partial charge in [-0.2, -0.15) is 5.26 Å². The first kappa shape index (κ1) is 37.3. The molecule has 12 nitrogen and oxygen atoms in total. The van der Waals surface area contributed by atoms with Crippen molar-refractivity contribution in [1.82, 2.24) is 29.7 Å². The van der Waals surface area contributed by atoms with Crippen molar-refractivity contribution < 1.29 is 14.3 Å². The van der Waals surface area contributed by atoms with Crippen molar-refractivity contribution in [3.8, 4) is 17.3 Å². The zero-order valence-electron chi connectivity index (χ0n) is 30.4. The first-order chi connectivity index (χ1) is 24.1. The monoisotopic (exact) mass is 699 g/mol. The molecular formula is C37H53N9O3Si. The molecule has 1 saturated heterocycles. The second-order valence-corrected chi connectivity index (χ2v) is 20.1. The highest BCUT2D eigenvalue weighted by molar-refractivity contribution is 6.76. The van der Waals surface area contributed by atoms with Gasteiger partial charge in [0.2, 0.25) is 11.9 Å². The predicted octanol–water partition coefficient (Wildman–Crippen LogP) is 4.70. The second-order valence-electron chi connectivity index (χ2n) is 14.5. The van der Waals surface area contributed by atoms with E-state index in [1.54, 1.807) is 6.20 Å². The van der Waals surface area contributed by atoms with E-state index in [4.69, 9.17) is 29.7 Å². The van der Waals surface area contributed by atoms with Crippen molar-refractivity contribution in [2.45, 2.75) is 51.1 Å². The van der Waals surface area contributed by atoms with Crippen molar-refractivity contribution >= 4 is 31.4 Å². The normalized spacial score (nSPS) is 20.6. The van der Waals surface area contributed by atoms with E-state index in [-0.39, 0.29) is 11.9 Å². The quantitative estimate of drug-likeness (QED) is 0.229. The summed E-state index contributed by atoms with van der Waals surface area (Å²) in [5.74, 6) is 1.55. The Bertz CT molecular complexity index is 1580. The average Bonchev–Trinajstić information content (AvgIpc) is 3.10. The fourth-order valence-corrected chi connectivity index (χ4v) is 6.90. The Kier molecular flexibility index (Phi) is 13.3. The van der Waals surface area contributed by atoms with E-state index in [0.717, 1.165) is 67.0 Å². The molecule has 0 saturated carbocycles. The predicted molar refractivity (Wildman–Crippen MR) is 200 cm³/mol. The van der Waals surface area contributed by atoms with Crippen molar-refractivity contribution in [3.05, 3.63) is 60.4 Å². The molecule has 8 rings (SSSR count). The molecule has 1 fully saturated rings. The van der Waals surface area contributed by atoms with E-state index < -0.39 is 8.07 Å². The SMILES string of the molecule is CN1CCCN(C)c2ccc(cn2)-c2ccnc(n2)N(COCC[Si](C)(C)C)c2cccc(c2)CN2CCN(CC1=O)CC2COCCC#N. The minimum absolute atomic E-state index is 0.0810. The fraction of sp³-hybridized carbons (Fsp3) is 0.541. The van der Waals surface area contributed by atoms with Crippen LogP contribution in [-0.2, 0) is 20.8 Å². The number of carbonyl (C=O) groups is 1. The van der Waals surface area contributed by atoms with E-state index in [2.05, 4.69) is 64.7 Å². The summed E-state index contributed by atoms with van der Waals surface area (Å²) in [5, 5.41) is 9.04. The topological polar surface area (TPSA) is 114 Å². The molecule has 5 aliphatic rings. The number of rotatable bonds is 9. The van der Waals surface area contributed by atoms with Crippen molar-refractivity contribution in [2.75, 3.05) is 89.7 Å². The van der Waals surface area contributed by atoms with Gasteiger partial charge in [-0.05, 0) is 48.4 Å². The first-order valence-corrected chi connectivity index (χ1v) is 21.4. The fourth-order valence-electron chi connectivity index (χ4n) is 6.14. The molecule has 3 unspecified atom stereocenters. The van der Waals surface area contributed by atoms with E-state index in [1.807, 2.05) is 48.3 Å². The van der Waals surface area contributed by atoms with Gasteiger partial charge >= 0.3 is 0 Å². The molecule has 1 aromatic carbocycles. The van der Waals surface area contributed by atoms with E-state index in [9.17, 15) is 4.79 Å². The summed E-state index contributed by atoms with van der Waals surface area (Å²) in [7, 11) is 2.65. The van der Waals surface area contributed by atoms with Crippen LogP contribution in [0.15, 0.2) is 54.9 Å². The minimum Gasteiger partial charge on any atom is -0.379 e. The Hall–Kier alpha value is -3.93. The van der Waals surface area contributed by atoms with Crippen molar-refractivity contribution in [1.29, 1.82) is 5.26 Å². The third-order valence-electron chi connectivity index (χ3n) is 9.27. The van der Waals surface area contributed by atoms with Gasteiger partial charge in [-0.15, -0.1) is 0 Å². The molecule has 5 aliphatic heterocycles. The van der Waals surface area contributed by atoms with Crippen LogP contribution in [0, 0.1) is 11.3 Å². The molecule has 0 spiro atoms. The van der Waals surface area contributed by atoms with Gasteiger partial charge in [0.05, 0.1) is 37.9 Å². The lowest BCUT2D eigenvalue weighted by Gasteiger charge is -2.41. The molecule has 7 heterocycles. The second kappa shape index (κ2) is 17.8. The van der Waals surface area contributed by atoms with Gasteiger partial charge in [-0.25, -0.2) is 15.0 Å². The van der Waals surface area contributed by atoms with Crippen LogP contribution in [0.1, 0.15) is 18.4 Å². The Morgan fingerprint density at radius 3 is 2.58 bits per heavy atom. The number of benzene rings is 1. The summed E-state index contributed by atoms with van der Waals surface area (Å²) in [5.41, 5.74) is 3.80. The van der Waals surface area contributed by atoms with Crippen LogP contribution in [0.4, 0.5) is 17.5 Å². The van der Waals surface area contributed by atoms with Crippen LogP contribution in [0.2, 0.25) is 25.7 Å². The van der Waals surface area contributed by atoms with Gasteiger partial charge in [0.15, 0.2) is 0 Å². The molecule has 13 heteroatoms. The highest BCUT2D eigenvalue weighted by atomic mass is 28.3. The highest BCUT2D eigenvalue weighted by Crippen LogP contribution is 2.27. The van der Waals surface area contributed by atoms with Crippen LogP contribution >= 0.6 is 0 Å². The van der Waals surface area contributed by atoms with Gasteiger partial charge in [0.1, 0.15) is 12.5 Å². The van der Waals surface area contributed by atoms with Crippen LogP contribution in [-0.4, -0.2) is 130 Å². The van der Waals surface area contributed by atoms with E-state index >= 15 is 0 Å². The number of nitriles is 1. The van der Waals surface area contributed by atoms with Crippen molar-refractivity contribution in [2.24, 2.45) is 0 Å². The molecule has 2 aromatic heterocycles. The number of hydrogen-bond donors (Lipinski definition) is 0. The summed E-state index contributed by atoms with van der Waals surface area (Å²) in [6, 6.07) is 17.8. The number of hydrogen-bond acceptors (Lipinski definition) is 11. The molecule has 0 aliphatic carbocycles. The van der Waals surface area contributed by atoms with Gasteiger partial charge in [0, 0.05) is 97.7 Å². The number of aromatic nitrogens is 3. The number of nitrogens with zero attached hydrogens (tertiary/aromatic N) is 9. The number of likely N-dealkylation sites (N-methyl/N-ethyl adjacent to an activating group) is 1. The van der Waals surface area contributed by atoms with E-state index in [0.29, 0.717) is 58.6 Å². The highest BCUT2D eigenvalue weighted by Gasteiger charge is 2.29. The maximum atomic E-state index is 13.3. The number of ether oxygens (including phenoxy) is 2. The zero-order valence-corrected chi connectivity index (χ0v) is 31.4. The van der Waals surface area contributed by atoms with Crippen LogP contribution in [0.3, 0.4) is 0 Å². The van der Waals surface area contributed by atoms with Gasteiger partial charge in [0.25, 0.3) is 0 Å². The van der Waals surface area contributed by atoms with Crippen LogP contribution in [0.5, 0.6) is 0 Å². The molecular weight excluding hydrogens is 647 g/mol. The Labute approximate surface area is 298 Å². The Morgan fingerprint density at radius 2 is 1.80 bits per heavy atom. The lowest BCUT2D eigenvalue weighted by atomic mass is 10.1. The molecule has 0 N–H and O–H groups in total. The van der Waals surface area contributed by atoms with Crippen LogP contribution in [0.25, 0.3) is 11.3 Å². The maximum Gasteiger partial charge on any atom is 0.236 e. The van der Waals surface area contributed by atoms with Gasteiger partial charge in [-0.3, -0.25) is 19.5 Å². The number of anilines is 3. The Morgan fingerprint density at radius 1 is 0.960 bits per heavy atom. The molecule has 8 bridgehead atoms. The smallest absolute Gasteiger partial charge is 0.236 e. The first-order valence-electron chi connectivity index (χ1n) is 17.7. The minimum atomic E-state index is -1.27. The summed E-state index contributed by atoms with van der Waals surface area (Å²) >= 11 is 0. The third kappa shape index (κ3) is 10.8. The average molecular weight is 700 g/mol. The van der Waals surface area contributed by atoms with Gasteiger partial charge in [-0.1, -0.05) is 31.8 Å². The van der Waals surface area contributed by atoms with E-state index in [1.165, 1.54) is 0 Å². The van der Waals surface area contributed by atoms with Gasteiger partial charge < -0.3 is 19.3 Å². The molecule has 50 heavy (non-hydrogen) atoms. The molecule has 268 valence electrons. The lowest BCUT2D eigenvalue weighted by molar-refractivity contribution is -0.132. The Balaban J connectivity index is 1.46. The number of pyridine rings is 1. The van der Waals surface area contributed by atoms with Crippen molar-refractivity contribution in [3.63, 3.8) is 0 Å².